The number of benzene rings is 3. The van der Waals surface area contributed by atoms with Gasteiger partial charge in [0, 0.05) is 0 Å². The van der Waals surface area contributed by atoms with E-state index in [1.54, 1.807) is 0 Å². The van der Waals surface area contributed by atoms with Gasteiger partial charge in [-0.05, 0) is 27.7 Å². The fourth-order valence-electron chi connectivity index (χ4n) is 3.69. The topological polar surface area (TPSA) is 0 Å². The van der Waals surface area contributed by atoms with E-state index in [0.29, 0.717) is 6.71 Å². The summed E-state index contributed by atoms with van der Waals surface area (Å²) in [5.41, 5.74) is 9.69. The normalized spacial score (nSPS) is 10.6. The van der Waals surface area contributed by atoms with Crippen molar-refractivity contribution in [3.63, 3.8) is 0 Å². The molecule has 3 rings (SSSR count). The van der Waals surface area contributed by atoms with Crippen molar-refractivity contribution in [2.75, 3.05) is 0 Å². The fraction of sp³-hybridized carbons (Fsp3) is 0.182. The predicted octanol–water partition coefficient (Wildman–Crippen LogP) is 3.44. The number of hydrogen-bond donors (Lipinski definition) is 0. The van der Waals surface area contributed by atoms with E-state index in [1.807, 2.05) is 0 Å². The van der Waals surface area contributed by atoms with Crippen LogP contribution in [0.25, 0.3) is 0 Å². The Kier molecular flexibility index (Phi) is 4.38. The zero-order chi connectivity index (χ0) is 16.4. The number of rotatable bonds is 3. The van der Waals surface area contributed by atoms with Crippen LogP contribution < -0.4 is 16.4 Å². The first-order chi connectivity index (χ1) is 11.1. The van der Waals surface area contributed by atoms with E-state index >= 15 is 0 Å². The van der Waals surface area contributed by atoms with Gasteiger partial charge in [-0.25, -0.2) is 0 Å². The van der Waals surface area contributed by atoms with Crippen molar-refractivity contribution in [1.29, 1.82) is 0 Å². The van der Waals surface area contributed by atoms with E-state index in [2.05, 4.69) is 94.4 Å². The lowest BCUT2D eigenvalue weighted by atomic mass is 9.34. The molecular weight excluding hydrogens is 275 g/mol. The fourth-order valence-corrected chi connectivity index (χ4v) is 3.69. The average molecular weight is 298 g/mol. The summed E-state index contributed by atoms with van der Waals surface area (Å²) in [6.07, 6.45) is 0. The van der Waals surface area contributed by atoms with Gasteiger partial charge in [-0.15, -0.1) is 0 Å². The van der Waals surface area contributed by atoms with Gasteiger partial charge in [0.05, 0.1) is 0 Å². The summed E-state index contributed by atoms with van der Waals surface area (Å²) in [4.78, 5) is 0. The molecule has 3 aromatic carbocycles. The highest BCUT2D eigenvalue weighted by Gasteiger charge is 2.27. The lowest BCUT2D eigenvalue weighted by Crippen LogP contribution is -2.55. The lowest BCUT2D eigenvalue weighted by Gasteiger charge is -2.23. The highest BCUT2D eigenvalue weighted by Crippen LogP contribution is 2.08. The summed E-state index contributed by atoms with van der Waals surface area (Å²) >= 11 is 0. The Hall–Kier alpha value is -2.28. The first-order valence-corrected chi connectivity index (χ1v) is 8.26. The van der Waals surface area contributed by atoms with E-state index in [0.717, 1.165) is 0 Å². The zero-order valence-corrected chi connectivity index (χ0v) is 14.4. The minimum absolute atomic E-state index is 0.290. The molecule has 0 nitrogen and oxygen atoms in total. The van der Waals surface area contributed by atoms with Gasteiger partial charge in [0.2, 0.25) is 6.71 Å². The van der Waals surface area contributed by atoms with E-state index in [4.69, 9.17) is 0 Å². The Morgan fingerprint density at radius 3 is 1.26 bits per heavy atom. The SMILES string of the molecule is Cc1cccc(C)c1B(c1ccccc1)c1c(C)cccc1C. The maximum atomic E-state index is 2.25. The van der Waals surface area contributed by atoms with E-state index in [9.17, 15) is 0 Å². The van der Waals surface area contributed by atoms with Gasteiger partial charge in [-0.2, -0.15) is 0 Å². The second kappa shape index (κ2) is 6.46. The lowest BCUT2D eigenvalue weighted by molar-refractivity contribution is 1.41. The number of aryl methyl sites for hydroxylation is 4. The standard InChI is InChI=1S/C22H23B/c1-16-10-8-11-17(2)21(16)23(20-14-6-5-7-15-20)22-18(3)12-9-13-19(22)4/h5-15H,1-4H3. The second-order valence-electron chi connectivity index (χ2n) is 6.45. The van der Waals surface area contributed by atoms with Gasteiger partial charge in [0.15, 0.2) is 0 Å². The quantitative estimate of drug-likeness (QED) is 0.650. The molecule has 0 bridgehead atoms. The maximum Gasteiger partial charge on any atom is 0.242 e. The molecule has 23 heavy (non-hydrogen) atoms. The molecule has 3 aromatic rings. The highest BCUT2D eigenvalue weighted by molar-refractivity contribution is 6.96. The first kappa shape index (κ1) is 15.6. The van der Waals surface area contributed by atoms with Crippen LogP contribution in [-0.2, 0) is 0 Å². The molecule has 0 heterocycles. The van der Waals surface area contributed by atoms with Gasteiger partial charge in [-0.3, -0.25) is 0 Å². The van der Waals surface area contributed by atoms with Crippen LogP contribution in [0.2, 0.25) is 0 Å². The van der Waals surface area contributed by atoms with Crippen LogP contribution in [-0.4, -0.2) is 6.71 Å². The van der Waals surface area contributed by atoms with Crippen LogP contribution in [0.4, 0.5) is 0 Å². The van der Waals surface area contributed by atoms with Gasteiger partial charge in [-0.1, -0.05) is 105 Å². The van der Waals surface area contributed by atoms with Crippen LogP contribution in [0.3, 0.4) is 0 Å². The summed E-state index contributed by atoms with van der Waals surface area (Å²) in [7, 11) is 0. The molecule has 0 unspecified atom stereocenters. The van der Waals surface area contributed by atoms with Crippen molar-refractivity contribution in [1.82, 2.24) is 0 Å². The second-order valence-corrected chi connectivity index (χ2v) is 6.45. The Morgan fingerprint density at radius 2 is 0.870 bits per heavy atom. The van der Waals surface area contributed by atoms with Crippen LogP contribution in [0.5, 0.6) is 0 Å². The molecule has 0 aromatic heterocycles. The minimum atomic E-state index is 0.290. The Balaban J connectivity index is 2.33. The van der Waals surface area contributed by atoms with Gasteiger partial charge >= 0.3 is 0 Å². The molecule has 0 radical (unpaired) electrons. The third-order valence-corrected chi connectivity index (χ3v) is 4.79. The Morgan fingerprint density at radius 1 is 0.478 bits per heavy atom. The van der Waals surface area contributed by atoms with Crippen LogP contribution in [0.1, 0.15) is 22.3 Å². The van der Waals surface area contributed by atoms with E-state index < -0.39 is 0 Å². The molecule has 0 fully saturated rings. The Bertz CT molecular complexity index is 727. The average Bonchev–Trinajstić information content (AvgIpc) is 2.53. The van der Waals surface area contributed by atoms with Crippen molar-refractivity contribution in [3.8, 4) is 0 Å². The van der Waals surface area contributed by atoms with Crippen LogP contribution in [0, 0.1) is 27.7 Å². The van der Waals surface area contributed by atoms with Crippen molar-refractivity contribution >= 4 is 23.1 Å². The largest absolute Gasteiger partial charge is 0.242 e. The molecule has 0 aliphatic rings. The van der Waals surface area contributed by atoms with Crippen molar-refractivity contribution in [3.05, 3.63) is 89.0 Å². The molecule has 0 aliphatic carbocycles. The summed E-state index contributed by atoms with van der Waals surface area (Å²) in [5.74, 6) is 0. The molecule has 114 valence electrons. The summed E-state index contributed by atoms with van der Waals surface area (Å²) in [6, 6.07) is 24.1. The van der Waals surface area contributed by atoms with Crippen molar-refractivity contribution < 1.29 is 0 Å². The first-order valence-electron chi connectivity index (χ1n) is 8.26. The molecule has 1 heteroatoms. The zero-order valence-electron chi connectivity index (χ0n) is 14.4. The smallest absolute Gasteiger partial charge is 0.0686 e. The third-order valence-electron chi connectivity index (χ3n) is 4.79. The Labute approximate surface area is 140 Å². The molecule has 0 atom stereocenters. The van der Waals surface area contributed by atoms with Crippen LogP contribution >= 0.6 is 0 Å². The van der Waals surface area contributed by atoms with E-state index in [-0.39, 0.29) is 0 Å². The van der Waals surface area contributed by atoms with Crippen LogP contribution in [0.15, 0.2) is 66.7 Å². The monoisotopic (exact) mass is 298 g/mol. The number of hydrogen-bond acceptors (Lipinski definition) is 0. The van der Waals surface area contributed by atoms with Gasteiger partial charge in [0.25, 0.3) is 0 Å². The van der Waals surface area contributed by atoms with Crippen molar-refractivity contribution in [2.24, 2.45) is 0 Å². The highest BCUT2D eigenvalue weighted by atomic mass is 14.1. The minimum Gasteiger partial charge on any atom is -0.0686 e. The molecule has 0 N–H and O–H groups in total. The van der Waals surface area contributed by atoms with E-state index in [1.165, 1.54) is 38.6 Å². The van der Waals surface area contributed by atoms with Gasteiger partial charge < -0.3 is 0 Å². The third kappa shape index (κ3) is 2.96. The molecule has 0 aliphatic heterocycles. The maximum absolute atomic E-state index is 2.25. The molecule has 0 spiro atoms. The van der Waals surface area contributed by atoms with Crippen molar-refractivity contribution in [2.45, 2.75) is 27.7 Å². The summed E-state index contributed by atoms with van der Waals surface area (Å²) in [5, 5.41) is 0. The summed E-state index contributed by atoms with van der Waals surface area (Å²) < 4.78 is 0. The molecule has 0 amide bonds. The van der Waals surface area contributed by atoms with Gasteiger partial charge in [0.1, 0.15) is 0 Å². The molecular formula is C22H23B. The summed E-state index contributed by atoms with van der Waals surface area (Å²) in [6.45, 7) is 9.20. The molecule has 0 saturated heterocycles. The molecule has 0 saturated carbocycles. The predicted molar refractivity (Wildman–Crippen MR) is 103 cm³/mol.